The van der Waals surface area contributed by atoms with Crippen LogP contribution in [0.1, 0.15) is 30.8 Å². The van der Waals surface area contributed by atoms with Crippen LogP contribution >= 0.6 is 0 Å². The smallest absolute Gasteiger partial charge is 0.271 e. The lowest BCUT2D eigenvalue weighted by Crippen LogP contribution is -2.24. The number of anilines is 1. The van der Waals surface area contributed by atoms with Crippen molar-refractivity contribution in [2.75, 3.05) is 18.4 Å². The lowest BCUT2D eigenvalue weighted by atomic mass is 10.1. The SMILES string of the molecule is C=CCNC(=O)c1cnc(NCCC(C)C)cn1. The highest BCUT2D eigenvalue weighted by Crippen LogP contribution is 2.04. The number of carbonyl (C=O) groups excluding carboxylic acids is 1. The van der Waals surface area contributed by atoms with E-state index in [-0.39, 0.29) is 5.91 Å². The van der Waals surface area contributed by atoms with Crippen molar-refractivity contribution in [2.45, 2.75) is 20.3 Å². The van der Waals surface area contributed by atoms with Crippen LogP contribution in [-0.4, -0.2) is 29.0 Å². The molecule has 0 aliphatic rings. The van der Waals surface area contributed by atoms with Gasteiger partial charge in [-0.15, -0.1) is 6.58 Å². The third-order valence-electron chi connectivity index (χ3n) is 2.32. The van der Waals surface area contributed by atoms with Gasteiger partial charge in [0.2, 0.25) is 0 Å². The van der Waals surface area contributed by atoms with Crippen molar-refractivity contribution in [2.24, 2.45) is 5.92 Å². The molecule has 0 aliphatic carbocycles. The molecule has 0 unspecified atom stereocenters. The lowest BCUT2D eigenvalue weighted by Gasteiger charge is -2.07. The highest BCUT2D eigenvalue weighted by atomic mass is 16.1. The molecule has 0 bridgehead atoms. The summed E-state index contributed by atoms with van der Waals surface area (Å²) in [7, 11) is 0. The topological polar surface area (TPSA) is 66.9 Å². The number of carbonyl (C=O) groups is 1. The van der Waals surface area contributed by atoms with Gasteiger partial charge in [0.15, 0.2) is 0 Å². The zero-order chi connectivity index (χ0) is 13.4. The number of rotatable bonds is 7. The summed E-state index contributed by atoms with van der Waals surface area (Å²) in [6.07, 6.45) is 5.73. The summed E-state index contributed by atoms with van der Waals surface area (Å²) in [6.45, 7) is 9.14. The first-order valence-corrected chi connectivity index (χ1v) is 6.08. The normalized spacial score (nSPS) is 10.2. The first-order valence-electron chi connectivity index (χ1n) is 6.08. The maximum absolute atomic E-state index is 11.5. The number of aromatic nitrogens is 2. The van der Waals surface area contributed by atoms with E-state index in [0.29, 0.717) is 24.0 Å². The monoisotopic (exact) mass is 248 g/mol. The minimum Gasteiger partial charge on any atom is -0.369 e. The van der Waals surface area contributed by atoms with Crippen LogP contribution < -0.4 is 10.6 Å². The second kappa shape index (κ2) is 7.42. The summed E-state index contributed by atoms with van der Waals surface area (Å²) >= 11 is 0. The highest BCUT2D eigenvalue weighted by molar-refractivity contribution is 5.92. The van der Waals surface area contributed by atoms with E-state index >= 15 is 0 Å². The Hall–Kier alpha value is -1.91. The average molecular weight is 248 g/mol. The van der Waals surface area contributed by atoms with Crippen molar-refractivity contribution in [3.8, 4) is 0 Å². The van der Waals surface area contributed by atoms with E-state index in [1.54, 1.807) is 12.3 Å². The summed E-state index contributed by atoms with van der Waals surface area (Å²) in [6, 6.07) is 0. The third kappa shape index (κ3) is 4.95. The van der Waals surface area contributed by atoms with Crippen LogP contribution in [0.15, 0.2) is 25.0 Å². The van der Waals surface area contributed by atoms with E-state index in [9.17, 15) is 4.79 Å². The van der Waals surface area contributed by atoms with E-state index in [1.807, 2.05) is 0 Å². The van der Waals surface area contributed by atoms with Crippen molar-refractivity contribution in [3.63, 3.8) is 0 Å². The van der Waals surface area contributed by atoms with Crippen LogP contribution in [0.25, 0.3) is 0 Å². The maximum atomic E-state index is 11.5. The Morgan fingerprint density at radius 1 is 1.44 bits per heavy atom. The molecule has 0 fully saturated rings. The van der Waals surface area contributed by atoms with Gasteiger partial charge in [-0.25, -0.2) is 9.97 Å². The van der Waals surface area contributed by atoms with Gasteiger partial charge < -0.3 is 10.6 Å². The number of nitrogens with one attached hydrogen (secondary N) is 2. The Morgan fingerprint density at radius 2 is 2.22 bits per heavy atom. The van der Waals surface area contributed by atoms with E-state index in [4.69, 9.17) is 0 Å². The molecule has 0 aromatic carbocycles. The zero-order valence-corrected chi connectivity index (χ0v) is 10.9. The fraction of sp³-hybridized carbons (Fsp3) is 0.462. The highest BCUT2D eigenvalue weighted by Gasteiger charge is 2.06. The van der Waals surface area contributed by atoms with E-state index in [2.05, 4.69) is 41.0 Å². The van der Waals surface area contributed by atoms with Crippen LogP contribution in [0.5, 0.6) is 0 Å². The quantitative estimate of drug-likeness (QED) is 0.723. The number of hydrogen-bond donors (Lipinski definition) is 2. The fourth-order valence-electron chi connectivity index (χ4n) is 1.28. The summed E-state index contributed by atoms with van der Waals surface area (Å²) < 4.78 is 0. The molecule has 98 valence electrons. The molecular formula is C13H20N4O. The van der Waals surface area contributed by atoms with Crippen LogP contribution in [0.4, 0.5) is 5.82 Å². The molecule has 0 spiro atoms. The number of nitrogens with zero attached hydrogens (tertiary/aromatic N) is 2. The molecule has 0 atom stereocenters. The van der Waals surface area contributed by atoms with Gasteiger partial charge in [-0.1, -0.05) is 19.9 Å². The minimum atomic E-state index is -0.240. The summed E-state index contributed by atoms with van der Waals surface area (Å²) in [4.78, 5) is 19.7. The van der Waals surface area contributed by atoms with Gasteiger partial charge in [-0.3, -0.25) is 4.79 Å². The maximum Gasteiger partial charge on any atom is 0.271 e. The minimum absolute atomic E-state index is 0.240. The largest absolute Gasteiger partial charge is 0.369 e. The zero-order valence-electron chi connectivity index (χ0n) is 10.9. The van der Waals surface area contributed by atoms with Crippen LogP contribution in [0, 0.1) is 5.92 Å². The molecule has 0 saturated carbocycles. The van der Waals surface area contributed by atoms with Crippen LogP contribution in [0.3, 0.4) is 0 Å². The van der Waals surface area contributed by atoms with Crippen molar-refractivity contribution in [1.82, 2.24) is 15.3 Å². The second-order valence-electron chi connectivity index (χ2n) is 4.39. The lowest BCUT2D eigenvalue weighted by molar-refractivity contribution is 0.0952. The van der Waals surface area contributed by atoms with Crippen LogP contribution in [0.2, 0.25) is 0 Å². The van der Waals surface area contributed by atoms with Gasteiger partial charge in [0.1, 0.15) is 11.5 Å². The second-order valence-corrected chi connectivity index (χ2v) is 4.39. The molecule has 1 heterocycles. The standard InChI is InChI=1S/C13H20N4O/c1-4-6-15-13(18)11-8-17-12(9-16-11)14-7-5-10(2)3/h4,8-10H,1,5-7H2,2-3H3,(H,14,17)(H,15,18). The Morgan fingerprint density at radius 3 is 2.78 bits per heavy atom. The Labute approximate surface area is 108 Å². The van der Waals surface area contributed by atoms with Crippen molar-refractivity contribution in [3.05, 3.63) is 30.7 Å². The van der Waals surface area contributed by atoms with Crippen molar-refractivity contribution in [1.29, 1.82) is 0 Å². The predicted molar refractivity (Wildman–Crippen MR) is 72.5 cm³/mol. The van der Waals surface area contributed by atoms with Gasteiger partial charge >= 0.3 is 0 Å². The molecule has 0 saturated heterocycles. The van der Waals surface area contributed by atoms with E-state index in [1.165, 1.54) is 6.20 Å². The molecule has 1 amide bonds. The number of amides is 1. The molecule has 1 rings (SSSR count). The van der Waals surface area contributed by atoms with Crippen molar-refractivity contribution >= 4 is 11.7 Å². The first-order chi connectivity index (χ1) is 8.63. The molecule has 1 aromatic rings. The first kappa shape index (κ1) is 14.2. The average Bonchev–Trinajstić information content (AvgIpc) is 2.36. The van der Waals surface area contributed by atoms with E-state index in [0.717, 1.165) is 13.0 Å². The fourth-order valence-corrected chi connectivity index (χ4v) is 1.28. The van der Waals surface area contributed by atoms with Gasteiger partial charge in [0.25, 0.3) is 5.91 Å². The van der Waals surface area contributed by atoms with Gasteiger partial charge in [-0.2, -0.15) is 0 Å². The Kier molecular flexibility index (Phi) is 5.84. The molecular weight excluding hydrogens is 228 g/mol. The summed E-state index contributed by atoms with van der Waals surface area (Å²) in [5.74, 6) is 1.10. The molecule has 5 nitrogen and oxygen atoms in total. The molecule has 0 radical (unpaired) electrons. The van der Waals surface area contributed by atoms with Gasteiger partial charge in [0.05, 0.1) is 12.4 Å². The van der Waals surface area contributed by atoms with Gasteiger partial charge in [0, 0.05) is 13.1 Å². The van der Waals surface area contributed by atoms with Gasteiger partial charge in [-0.05, 0) is 12.3 Å². The molecule has 0 aliphatic heterocycles. The number of hydrogen-bond acceptors (Lipinski definition) is 4. The molecule has 5 heteroatoms. The Bertz CT molecular complexity index is 386. The van der Waals surface area contributed by atoms with Crippen LogP contribution in [-0.2, 0) is 0 Å². The third-order valence-corrected chi connectivity index (χ3v) is 2.32. The molecule has 2 N–H and O–H groups in total. The molecule has 18 heavy (non-hydrogen) atoms. The Balaban J connectivity index is 2.46. The van der Waals surface area contributed by atoms with Crippen molar-refractivity contribution < 1.29 is 4.79 Å². The summed E-state index contributed by atoms with van der Waals surface area (Å²) in [5.41, 5.74) is 0.311. The van der Waals surface area contributed by atoms with E-state index < -0.39 is 0 Å². The molecule has 1 aromatic heterocycles. The summed E-state index contributed by atoms with van der Waals surface area (Å²) in [5, 5.41) is 5.81. The predicted octanol–water partition coefficient (Wildman–Crippen LogP) is 1.85.